The highest BCUT2D eigenvalue weighted by Crippen LogP contribution is 2.37. The van der Waals surface area contributed by atoms with E-state index >= 15 is 0 Å². The lowest BCUT2D eigenvalue weighted by Crippen LogP contribution is -2.27. The van der Waals surface area contributed by atoms with E-state index in [-0.39, 0.29) is 4.99 Å². The van der Waals surface area contributed by atoms with Crippen LogP contribution in [0.25, 0.3) is 0 Å². The summed E-state index contributed by atoms with van der Waals surface area (Å²) in [5.41, 5.74) is 6.03. The zero-order chi connectivity index (χ0) is 12.3. The molecule has 17 heavy (non-hydrogen) atoms. The van der Waals surface area contributed by atoms with Gasteiger partial charge in [0.2, 0.25) is 0 Å². The molecule has 92 valence electrons. The first-order valence-corrected chi connectivity index (χ1v) is 6.98. The second kappa shape index (κ2) is 5.18. The normalized spacial score (nSPS) is 23.6. The largest absolute Gasteiger partial charge is 0.388 e. The third-order valence-electron chi connectivity index (χ3n) is 2.85. The molecule has 1 aliphatic heterocycles. The monoisotopic (exact) mass is 268 g/mol. The van der Waals surface area contributed by atoms with Crippen molar-refractivity contribution in [1.29, 1.82) is 0 Å². The van der Waals surface area contributed by atoms with Gasteiger partial charge < -0.3 is 11.1 Å². The molecule has 0 amide bonds. The number of thioether (sulfide) groups is 1. The molecule has 0 bridgehead atoms. The van der Waals surface area contributed by atoms with Gasteiger partial charge in [-0.3, -0.25) is 0 Å². The first-order chi connectivity index (χ1) is 8.09. The van der Waals surface area contributed by atoms with Gasteiger partial charge in [0.15, 0.2) is 0 Å². The predicted molar refractivity (Wildman–Crippen MR) is 76.5 cm³/mol. The number of nitrogens with one attached hydrogen (secondary N) is 1. The molecule has 1 aromatic heterocycles. The van der Waals surface area contributed by atoms with Crippen LogP contribution in [0.5, 0.6) is 0 Å². The molecule has 4 nitrogen and oxygen atoms in total. The fraction of sp³-hybridized carbons (Fsp3) is 0.545. The summed E-state index contributed by atoms with van der Waals surface area (Å²) in [5.74, 6) is 2.03. The summed E-state index contributed by atoms with van der Waals surface area (Å²) in [5, 5.41) is 3.31. The Balaban J connectivity index is 1.93. The van der Waals surface area contributed by atoms with Crippen LogP contribution in [-0.4, -0.2) is 32.0 Å². The summed E-state index contributed by atoms with van der Waals surface area (Å²) >= 11 is 6.85. The van der Waals surface area contributed by atoms with E-state index in [0.717, 1.165) is 12.4 Å². The van der Waals surface area contributed by atoms with Crippen molar-refractivity contribution in [2.45, 2.75) is 24.5 Å². The number of rotatable bonds is 4. The molecule has 1 saturated heterocycles. The van der Waals surface area contributed by atoms with Crippen molar-refractivity contribution in [1.82, 2.24) is 9.97 Å². The van der Waals surface area contributed by atoms with Gasteiger partial charge in [0, 0.05) is 11.3 Å². The molecule has 3 N–H and O–H groups in total. The summed E-state index contributed by atoms with van der Waals surface area (Å²) in [6, 6.07) is 0. The number of nitrogens with zero attached hydrogens (tertiary/aromatic N) is 2. The van der Waals surface area contributed by atoms with E-state index < -0.39 is 0 Å². The second-order valence-corrected chi connectivity index (χ2v) is 6.53. The van der Waals surface area contributed by atoms with Gasteiger partial charge in [-0.05, 0) is 25.5 Å². The summed E-state index contributed by atoms with van der Waals surface area (Å²) in [7, 11) is 0. The molecule has 6 heteroatoms. The lowest BCUT2D eigenvalue weighted by atomic mass is 10.1. The van der Waals surface area contributed by atoms with Gasteiger partial charge in [-0.25, -0.2) is 9.97 Å². The van der Waals surface area contributed by atoms with Crippen LogP contribution < -0.4 is 11.1 Å². The molecule has 0 radical (unpaired) electrons. The maximum absolute atomic E-state index is 5.46. The summed E-state index contributed by atoms with van der Waals surface area (Å²) in [6.07, 6.45) is 5.84. The lowest BCUT2D eigenvalue weighted by molar-refractivity contribution is 0.633. The zero-order valence-corrected chi connectivity index (χ0v) is 11.4. The van der Waals surface area contributed by atoms with Crippen molar-refractivity contribution in [3.05, 3.63) is 18.1 Å². The molecular formula is C11H16N4S2. The number of nitrogens with two attached hydrogens (primary N) is 1. The molecule has 0 spiro atoms. The smallest absolute Gasteiger partial charge is 0.144 e. The minimum atomic E-state index is 0.280. The molecule has 1 atom stereocenters. The number of aromatic nitrogens is 2. The van der Waals surface area contributed by atoms with Gasteiger partial charge in [0.1, 0.15) is 16.5 Å². The maximum Gasteiger partial charge on any atom is 0.144 e. The van der Waals surface area contributed by atoms with E-state index in [1.54, 1.807) is 12.4 Å². The van der Waals surface area contributed by atoms with Gasteiger partial charge >= 0.3 is 0 Å². The van der Waals surface area contributed by atoms with Crippen molar-refractivity contribution >= 4 is 34.8 Å². The molecule has 1 aromatic rings. The van der Waals surface area contributed by atoms with Crippen molar-refractivity contribution in [3.8, 4) is 0 Å². The Labute approximate surface area is 111 Å². The molecule has 2 rings (SSSR count). The predicted octanol–water partition coefficient (Wildman–Crippen LogP) is 1.81. The Hall–Kier alpha value is -0.880. The average molecular weight is 268 g/mol. The summed E-state index contributed by atoms with van der Waals surface area (Å²) in [6.45, 7) is 3.20. The summed E-state index contributed by atoms with van der Waals surface area (Å²) < 4.78 is 0.323. The Morgan fingerprint density at radius 3 is 2.94 bits per heavy atom. The number of hydrogen-bond acceptors (Lipinski definition) is 5. The van der Waals surface area contributed by atoms with Crippen LogP contribution in [0, 0.1) is 0 Å². The molecule has 0 aromatic carbocycles. The van der Waals surface area contributed by atoms with Crippen LogP contribution in [-0.2, 0) is 0 Å². The molecular weight excluding hydrogens is 252 g/mol. The van der Waals surface area contributed by atoms with Gasteiger partial charge in [-0.15, -0.1) is 0 Å². The quantitative estimate of drug-likeness (QED) is 0.812. The zero-order valence-electron chi connectivity index (χ0n) is 9.77. The highest BCUT2D eigenvalue weighted by atomic mass is 32.2. The van der Waals surface area contributed by atoms with E-state index in [2.05, 4.69) is 22.2 Å². The first kappa shape index (κ1) is 12.6. The Kier molecular flexibility index (Phi) is 3.83. The maximum atomic E-state index is 5.46. The topological polar surface area (TPSA) is 63.8 Å². The first-order valence-electron chi connectivity index (χ1n) is 5.59. The van der Waals surface area contributed by atoms with Crippen molar-refractivity contribution < 1.29 is 0 Å². The minimum absolute atomic E-state index is 0.280. The number of thiocarbonyl (C=S) groups is 1. The third kappa shape index (κ3) is 3.29. The van der Waals surface area contributed by atoms with Crippen molar-refractivity contribution in [2.75, 3.05) is 17.6 Å². The lowest BCUT2D eigenvalue weighted by Gasteiger charge is -2.23. The average Bonchev–Trinajstić information content (AvgIpc) is 2.75. The van der Waals surface area contributed by atoms with E-state index in [9.17, 15) is 0 Å². The third-order valence-corrected chi connectivity index (χ3v) is 4.60. The Morgan fingerprint density at radius 1 is 1.59 bits per heavy atom. The van der Waals surface area contributed by atoms with E-state index in [1.807, 2.05) is 11.8 Å². The van der Waals surface area contributed by atoms with Gasteiger partial charge in [-0.1, -0.05) is 12.2 Å². The molecule has 0 aliphatic carbocycles. The van der Waals surface area contributed by atoms with E-state index in [0.29, 0.717) is 10.4 Å². The van der Waals surface area contributed by atoms with Crippen LogP contribution in [0.4, 0.5) is 5.82 Å². The Morgan fingerprint density at radius 2 is 2.41 bits per heavy atom. The fourth-order valence-electron chi connectivity index (χ4n) is 1.80. The van der Waals surface area contributed by atoms with Gasteiger partial charge in [0.05, 0.1) is 12.4 Å². The van der Waals surface area contributed by atoms with E-state index in [1.165, 1.54) is 18.6 Å². The number of anilines is 1. The molecule has 1 aliphatic rings. The van der Waals surface area contributed by atoms with Gasteiger partial charge in [-0.2, -0.15) is 11.8 Å². The number of hydrogen-bond donors (Lipinski definition) is 2. The van der Waals surface area contributed by atoms with Gasteiger partial charge in [0.25, 0.3) is 0 Å². The van der Waals surface area contributed by atoms with Crippen LogP contribution in [0.15, 0.2) is 12.4 Å². The minimum Gasteiger partial charge on any atom is -0.388 e. The van der Waals surface area contributed by atoms with Crippen LogP contribution in [0.1, 0.15) is 25.5 Å². The second-order valence-electron chi connectivity index (χ2n) is 4.41. The summed E-state index contributed by atoms with van der Waals surface area (Å²) in [4.78, 5) is 8.67. The molecule has 1 fully saturated rings. The van der Waals surface area contributed by atoms with E-state index in [4.69, 9.17) is 18.0 Å². The molecule has 2 heterocycles. The van der Waals surface area contributed by atoms with Crippen LogP contribution >= 0.6 is 24.0 Å². The fourth-order valence-corrected chi connectivity index (χ4v) is 3.15. The molecule has 1 unspecified atom stereocenters. The highest BCUT2D eigenvalue weighted by Gasteiger charge is 2.29. The van der Waals surface area contributed by atoms with Crippen LogP contribution in [0.3, 0.4) is 0 Å². The highest BCUT2D eigenvalue weighted by molar-refractivity contribution is 8.00. The molecule has 0 saturated carbocycles. The SMILES string of the molecule is CC1(CNc2cnc(C(N)=S)cn2)CCCS1. The van der Waals surface area contributed by atoms with Crippen molar-refractivity contribution in [2.24, 2.45) is 5.73 Å². The standard InChI is InChI=1S/C11H16N4S2/c1-11(3-2-4-17-11)7-15-9-6-13-8(5-14-9)10(12)16/h5-6H,2-4,7H2,1H3,(H2,12,16)(H,14,15). The Bertz CT molecular complexity index is 398. The van der Waals surface area contributed by atoms with Crippen molar-refractivity contribution in [3.63, 3.8) is 0 Å². The van der Waals surface area contributed by atoms with Crippen LogP contribution in [0.2, 0.25) is 0 Å².